The van der Waals surface area contributed by atoms with Crippen LogP contribution in [0.3, 0.4) is 0 Å². The lowest BCUT2D eigenvalue weighted by Gasteiger charge is -2.33. The summed E-state index contributed by atoms with van der Waals surface area (Å²) >= 11 is 1.40. The first-order chi connectivity index (χ1) is 16.4. The van der Waals surface area contributed by atoms with Crippen molar-refractivity contribution in [2.45, 2.75) is 18.0 Å². The summed E-state index contributed by atoms with van der Waals surface area (Å²) in [6, 6.07) is 11.2. The molecule has 0 saturated carbocycles. The van der Waals surface area contributed by atoms with Crippen LogP contribution in [0.25, 0.3) is 5.69 Å². The van der Waals surface area contributed by atoms with Gasteiger partial charge >= 0.3 is 6.03 Å². The van der Waals surface area contributed by atoms with Crippen molar-refractivity contribution in [2.75, 3.05) is 31.2 Å². The number of nitrogens with one attached hydrogen (secondary N) is 2. The van der Waals surface area contributed by atoms with Crippen LogP contribution < -0.4 is 10.6 Å². The van der Waals surface area contributed by atoms with Gasteiger partial charge in [-0.2, -0.15) is 0 Å². The molecule has 1 unspecified atom stereocenters. The van der Waals surface area contributed by atoms with Crippen molar-refractivity contribution in [3.63, 3.8) is 0 Å². The number of nitrogens with zero attached hydrogens (tertiary/aromatic N) is 3. The third kappa shape index (κ3) is 5.56. The number of hydrogen-bond acceptors (Lipinski definition) is 4. The van der Waals surface area contributed by atoms with Gasteiger partial charge in [0.25, 0.3) is 5.91 Å². The van der Waals surface area contributed by atoms with Crippen LogP contribution in [0.4, 0.5) is 19.3 Å². The Hall–Kier alpha value is -3.40. The summed E-state index contributed by atoms with van der Waals surface area (Å²) < 4.78 is 28.5. The number of thioether (sulfide) groups is 1. The van der Waals surface area contributed by atoms with Crippen LogP contribution in [-0.4, -0.2) is 52.3 Å². The number of imidazole rings is 1. The third-order valence-electron chi connectivity index (χ3n) is 5.66. The number of urea groups is 1. The van der Waals surface area contributed by atoms with Gasteiger partial charge in [0.05, 0.1) is 6.20 Å². The molecule has 1 atom stereocenters. The Kier molecular flexibility index (Phi) is 7.46. The molecule has 10 heteroatoms. The molecule has 0 bridgehead atoms. The first kappa shape index (κ1) is 23.7. The van der Waals surface area contributed by atoms with E-state index in [2.05, 4.69) is 15.6 Å². The van der Waals surface area contributed by atoms with Gasteiger partial charge in [-0.3, -0.25) is 9.36 Å². The van der Waals surface area contributed by atoms with Crippen LogP contribution in [0, 0.1) is 17.6 Å². The second kappa shape index (κ2) is 10.7. The van der Waals surface area contributed by atoms with E-state index in [-0.39, 0.29) is 17.6 Å². The largest absolute Gasteiger partial charge is 0.338 e. The van der Waals surface area contributed by atoms with Crippen LogP contribution in [-0.2, 0) is 0 Å². The van der Waals surface area contributed by atoms with Crippen LogP contribution in [0.2, 0.25) is 0 Å². The molecule has 1 aromatic heterocycles. The molecule has 2 N–H and O–H groups in total. The Labute approximate surface area is 200 Å². The monoisotopic (exact) mass is 485 g/mol. The van der Waals surface area contributed by atoms with Crippen LogP contribution in [0.15, 0.2) is 59.9 Å². The molecule has 1 saturated heterocycles. The Morgan fingerprint density at radius 1 is 1.15 bits per heavy atom. The predicted octanol–water partition coefficient (Wildman–Crippen LogP) is 4.55. The molecule has 3 aromatic rings. The molecule has 1 aliphatic rings. The molecular weight excluding hydrogens is 460 g/mol. The van der Waals surface area contributed by atoms with Gasteiger partial charge in [0.2, 0.25) is 0 Å². The summed E-state index contributed by atoms with van der Waals surface area (Å²) in [5, 5.41) is 6.06. The molecule has 2 heterocycles. The quantitative estimate of drug-likeness (QED) is 0.503. The molecule has 2 aromatic carbocycles. The molecule has 0 radical (unpaired) electrons. The van der Waals surface area contributed by atoms with E-state index in [4.69, 9.17) is 0 Å². The summed E-state index contributed by atoms with van der Waals surface area (Å²) in [6.07, 6.45) is 5.10. The van der Waals surface area contributed by atoms with E-state index in [0.717, 1.165) is 12.8 Å². The van der Waals surface area contributed by atoms with Gasteiger partial charge in [0, 0.05) is 31.0 Å². The van der Waals surface area contributed by atoms with Gasteiger partial charge in [-0.1, -0.05) is 17.8 Å². The minimum Gasteiger partial charge on any atom is -0.338 e. The van der Waals surface area contributed by atoms with E-state index in [1.165, 1.54) is 42.1 Å². The van der Waals surface area contributed by atoms with E-state index in [1.54, 1.807) is 33.9 Å². The SMILES string of the molecule is CSc1ncc(C(=O)N2CCCC(CNC(=O)Nc3cccc(F)c3)C2)n1-c1ccc(F)cc1. The topological polar surface area (TPSA) is 79.3 Å². The fourth-order valence-corrected chi connectivity index (χ4v) is 4.57. The number of carbonyl (C=O) groups excluding carboxylic acids is 2. The number of likely N-dealkylation sites (tertiary alicyclic amines) is 1. The smallest absolute Gasteiger partial charge is 0.319 e. The molecule has 34 heavy (non-hydrogen) atoms. The van der Waals surface area contributed by atoms with Crippen molar-refractivity contribution in [3.05, 3.63) is 72.1 Å². The van der Waals surface area contributed by atoms with E-state index < -0.39 is 11.8 Å². The molecule has 178 valence electrons. The van der Waals surface area contributed by atoms with Crippen molar-refractivity contribution in [1.29, 1.82) is 0 Å². The zero-order valence-corrected chi connectivity index (χ0v) is 19.4. The van der Waals surface area contributed by atoms with Gasteiger partial charge in [-0.05, 0) is 67.5 Å². The summed E-state index contributed by atoms with van der Waals surface area (Å²) in [5.74, 6) is -0.858. The van der Waals surface area contributed by atoms with E-state index >= 15 is 0 Å². The maximum Gasteiger partial charge on any atom is 0.319 e. The Morgan fingerprint density at radius 2 is 1.94 bits per heavy atom. The number of carbonyl (C=O) groups is 2. The average Bonchev–Trinajstić information content (AvgIpc) is 3.27. The van der Waals surface area contributed by atoms with Gasteiger partial charge in [0.1, 0.15) is 17.3 Å². The minimum absolute atomic E-state index is 0.0816. The maximum absolute atomic E-state index is 13.4. The lowest BCUT2D eigenvalue weighted by Crippen LogP contribution is -2.44. The predicted molar refractivity (Wildman–Crippen MR) is 127 cm³/mol. The van der Waals surface area contributed by atoms with Crippen molar-refractivity contribution in [3.8, 4) is 5.69 Å². The number of amides is 3. The fourth-order valence-electron chi connectivity index (χ4n) is 4.03. The number of anilines is 1. The first-order valence-corrected chi connectivity index (χ1v) is 12.1. The summed E-state index contributed by atoms with van der Waals surface area (Å²) in [4.78, 5) is 31.7. The molecule has 0 aliphatic carbocycles. The number of piperidine rings is 1. The van der Waals surface area contributed by atoms with Crippen molar-refractivity contribution in [2.24, 2.45) is 5.92 Å². The highest BCUT2D eigenvalue weighted by Crippen LogP contribution is 2.25. The maximum atomic E-state index is 13.4. The third-order valence-corrected chi connectivity index (χ3v) is 6.31. The molecule has 3 amide bonds. The summed E-state index contributed by atoms with van der Waals surface area (Å²) in [5.41, 5.74) is 1.45. The molecule has 7 nitrogen and oxygen atoms in total. The number of aromatic nitrogens is 2. The molecule has 4 rings (SSSR count). The van der Waals surface area contributed by atoms with Crippen molar-refractivity contribution < 1.29 is 18.4 Å². The second-order valence-corrected chi connectivity index (χ2v) is 8.82. The van der Waals surface area contributed by atoms with Gasteiger partial charge in [-0.15, -0.1) is 0 Å². The fraction of sp³-hybridized carbons (Fsp3) is 0.292. The standard InChI is InChI=1S/C24H25F2N5O2S/c1-34-24-28-14-21(31(24)20-9-7-17(25)8-10-20)22(32)30-11-3-4-16(15-30)13-27-23(33)29-19-6-2-5-18(26)12-19/h2,5-10,12,14,16H,3-4,11,13,15H2,1H3,(H2,27,29,33). The Morgan fingerprint density at radius 3 is 2.68 bits per heavy atom. The van der Waals surface area contributed by atoms with Gasteiger partial charge in [0.15, 0.2) is 5.16 Å². The Balaban J connectivity index is 1.40. The lowest BCUT2D eigenvalue weighted by molar-refractivity contribution is 0.0666. The number of rotatable bonds is 6. The van der Waals surface area contributed by atoms with Crippen molar-refractivity contribution >= 4 is 29.4 Å². The highest BCUT2D eigenvalue weighted by molar-refractivity contribution is 7.98. The normalized spacial score (nSPS) is 15.7. The molecular formula is C24H25F2N5O2S. The molecule has 1 fully saturated rings. The van der Waals surface area contributed by atoms with Gasteiger partial charge in [-0.25, -0.2) is 18.6 Å². The first-order valence-electron chi connectivity index (χ1n) is 10.9. The van der Waals surface area contributed by atoms with Crippen LogP contribution in [0.5, 0.6) is 0 Å². The Bertz CT molecular complexity index is 1170. The average molecular weight is 486 g/mol. The number of hydrogen-bond donors (Lipinski definition) is 2. The van der Waals surface area contributed by atoms with Gasteiger partial charge < -0.3 is 15.5 Å². The minimum atomic E-state index is -0.427. The van der Waals surface area contributed by atoms with Crippen LogP contribution in [0.1, 0.15) is 23.3 Å². The number of benzene rings is 2. The van der Waals surface area contributed by atoms with E-state index in [1.807, 2.05) is 6.26 Å². The summed E-state index contributed by atoms with van der Waals surface area (Å²) in [6.45, 7) is 1.48. The lowest BCUT2D eigenvalue weighted by atomic mass is 9.98. The molecule has 0 spiro atoms. The highest BCUT2D eigenvalue weighted by Gasteiger charge is 2.28. The molecule has 1 aliphatic heterocycles. The zero-order valence-electron chi connectivity index (χ0n) is 18.6. The van der Waals surface area contributed by atoms with E-state index in [0.29, 0.717) is 41.9 Å². The van der Waals surface area contributed by atoms with Crippen LogP contribution >= 0.6 is 11.8 Å². The second-order valence-electron chi connectivity index (χ2n) is 8.05. The summed E-state index contributed by atoms with van der Waals surface area (Å²) in [7, 11) is 0. The zero-order chi connectivity index (χ0) is 24.1. The number of halogens is 2. The van der Waals surface area contributed by atoms with Crippen molar-refractivity contribution in [1.82, 2.24) is 19.8 Å². The van der Waals surface area contributed by atoms with E-state index in [9.17, 15) is 18.4 Å². The highest BCUT2D eigenvalue weighted by atomic mass is 32.2.